The van der Waals surface area contributed by atoms with Crippen LogP contribution in [0.1, 0.15) is 37.4 Å². The van der Waals surface area contributed by atoms with Crippen LogP contribution in [0.15, 0.2) is 15.5 Å². The predicted octanol–water partition coefficient (Wildman–Crippen LogP) is 1.71. The van der Waals surface area contributed by atoms with Gasteiger partial charge in [0.2, 0.25) is 0 Å². The number of sulfone groups is 1. The zero-order valence-corrected chi connectivity index (χ0v) is 18.7. The fourth-order valence-corrected chi connectivity index (χ4v) is 3.04. The predicted molar refractivity (Wildman–Crippen MR) is 111 cm³/mol. The molecule has 0 radical (unpaired) electrons. The highest BCUT2D eigenvalue weighted by atomic mass is 127. The largest absolute Gasteiger partial charge is 0.466 e. The van der Waals surface area contributed by atoms with Gasteiger partial charge >= 0.3 is 0 Å². The molecular weight excluding hydrogens is 457 g/mol. The Morgan fingerprint density at radius 2 is 2.00 bits per heavy atom. The molecule has 0 aromatic carbocycles. The van der Waals surface area contributed by atoms with E-state index < -0.39 is 15.4 Å². The van der Waals surface area contributed by atoms with E-state index in [2.05, 4.69) is 15.6 Å². The van der Waals surface area contributed by atoms with E-state index in [9.17, 15) is 13.5 Å². The topological polar surface area (TPSA) is 104 Å². The third-order valence-corrected chi connectivity index (χ3v) is 4.53. The van der Waals surface area contributed by atoms with Crippen LogP contribution >= 0.6 is 24.0 Å². The van der Waals surface area contributed by atoms with Crippen LogP contribution in [0.5, 0.6) is 0 Å². The van der Waals surface area contributed by atoms with Gasteiger partial charge in [-0.3, -0.25) is 0 Å². The maximum Gasteiger partial charge on any atom is 0.191 e. The molecule has 1 unspecified atom stereocenters. The summed E-state index contributed by atoms with van der Waals surface area (Å²) in [6.45, 7) is 8.61. The van der Waals surface area contributed by atoms with E-state index in [0.717, 1.165) is 11.3 Å². The number of rotatable bonds is 8. The van der Waals surface area contributed by atoms with Crippen molar-refractivity contribution in [3.05, 3.63) is 23.2 Å². The number of guanidine groups is 1. The van der Waals surface area contributed by atoms with Crippen LogP contribution in [0, 0.1) is 13.8 Å². The zero-order chi connectivity index (χ0) is 18.4. The summed E-state index contributed by atoms with van der Waals surface area (Å²) in [7, 11) is -2.96. The molecule has 3 N–H and O–H groups in total. The lowest BCUT2D eigenvalue weighted by molar-refractivity contribution is 0.0657. The summed E-state index contributed by atoms with van der Waals surface area (Å²) >= 11 is 0. The highest BCUT2D eigenvalue weighted by Gasteiger charge is 2.27. The Balaban J connectivity index is 0.00000576. The van der Waals surface area contributed by atoms with Crippen LogP contribution in [-0.4, -0.2) is 51.1 Å². The number of hydrogen-bond acceptors (Lipinski definition) is 5. The molecule has 0 saturated carbocycles. The van der Waals surface area contributed by atoms with Crippen LogP contribution in [0.25, 0.3) is 0 Å². The summed E-state index contributed by atoms with van der Waals surface area (Å²) in [5.74, 6) is 2.10. The lowest BCUT2D eigenvalue weighted by Crippen LogP contribution is -2.39. The molecule has 0 aliphatic heterocycles. The minimum absolute atomic E-state index is 0. The van der Waals surface area contributed by atoms with Crippen molar-refractivity contribution >= 4 is 39.8 Å². The maximum absolute atomic E-state index is 11.1. The summed E-state index contributed by atoms with van der Waals surface area (Å²) in [6, 6.07) is 1.82. The fourth-order valence-electron chi connectivity index (χ4n) is 2.37. The van der Waals surface area contributed by atoms with Gasteiger partial charge in [0.15, 0.2) is 5.96 Å². The second-order valence-electron chi connectivity index (χ2n) is 6.21. The summed E-state index contributed by atoms with van der Waals surface area (Å²) < 4.78 is 27.7. The molecule has 1 rings (SSSR count). The summed E-state index contributed by atoms with van der Waals surface area (Å²) in [5.41, 5.74) is -0.423. The molecule has 0 aliphatic carbocycles. The van der Waals surface area contributed by atoms with Gasteiger partial charge in [0.25, 0.3) is 0 Å². The molecule has 0 saturated heterocycles. The molecule has 1 atom stereocenters. The zero-order valence-electron chi connectivity index (χ0n) is 15.5. The minimum atomic E-state index is -2.96. The molecule has 0 fully saturated rings. The molecule has 25 heavy (non-hydrogen) atoms. The number of halogens is 1. The third-order valence-electron chi connectivity index (χ3n) is 3.49. The van der Waals surface area contributed by atoms with Crippen LogP contribution < -0.4 is 10.6 Å². The average Bonchev–Trinajstić information content (AvgIpc) is 2.79. The van der Waals surface area contributed by atoms with Gasteiger partial charge in [-0.25, -0.2) is 13.4 Å². The van der Waals surface area contributed by atoms with Gasteiger partial charge in [0.05, 0.1) is 12.3 Å². The monoisotopic (exact) mass is 487 g/mol. The van der Waals surface area contributed by atoms with Crippen molar-refractivity contribution in [3.8, 4) is 0 Å². The standard InChI is InChI=1S/C16H29N3O4S.HI/c1-6-17-15(18-8-7-9-24(5,21)22)19-11-16(4,20)14-10-12(2)23-13(14)3;/h10,20H,6-9,11H2,1-5H3,(H2,17,18,19);1H. The Bertz CT molecular complexity index is 669. The van der Waals surface area contributed by atoms with Crippen molar-refractivity contribution in [2.45, 2.75) is 39.7 Å². The maximum atomic E-state index is 11.1. The number of aliphatic imine (C=N–C) groups is 1. The first-order chi connectivity index (χ1) is 11.0. The number of nitrogens with zero attached hydrogens (tertiary/aromatic N) is 1. The van der Waals surface area contributed by atoms with Gasteiger partial charge in [-0.2, -0.15) is 0 Å². The van der Waals surface area contributed by atoms with Crippen LogP contribution in [0.3, 0.4) is 0 Å². The van der Waals surface area contributed by atoms with E-state index in [-0.39, 0.29) is 36.3 Å². The van der Waals surface area contributed by atoms with Crippen LogP contribution in [-0.2, 0) is 15.4 Å². The minimum Gasteiger partial charge on any atom is -0.466 e. The molecule has 1 aromatic heterocycles. The first-order valence-corrected chi connectivity index (χ1v) is 10.1. The molecule has 1 aromatic rings. The van der Waals surface area contributed by atoms with Crippen molar-refractivity contribution < 1.29 is 17.9 Å². The van der Waals surface area contributed by atoms with E-state index in [0.29, 0.717) is 31.2 Å². The van der Waals surface area contributed by atoms with Crippen molar-refractivity contribution in [1.29, 1.82) is 0 Å². The Morgan fingerprint density at radius 3 is 2.48 bits per heavy atom. The number of nitrogens with one attached hydrogen (secondary N) is 2. The number of aliphatic hydroxyl groups is 1. The molecule has 0 bridgehead atoms. The summed E-state index contributed by atoms with van der Waals surface area (Å²) in [4.78, 5) is 4.40. The molecule has 7 nitrogen and oxygen atoms in total. The number of hydrogen-bond donors (Lipinski definition) is 3. The second kappa shape index (κ2) is 10.4. The van der Waals surface area contributed by atoms with Gasteiger partial charge in [-0.15, -0.1) is 24.0 Å². The van der Waals surface area contributed by atoms with Crippen molar-refractivity contribution in [2.75, 3.05) is 31.6 Å². The van der Waals surface area contributed by atoms with Gasteiger partial charge in [0, 0.05) is 24.9 Å². The normalized spacial score (nSPS) is 14.6. The van der Waals surface area contributed by atoms with Crippen LogP contribution in [0.2, 0.25) is 0 Å². The Hall–Kier alpha value is -0.810. The fraction of sp³-hybridized carbons (Fsp3) is 0.688. The molecule has 9 heteroatoms. The SMILES string of the molecule is CCNC(=NCC(C)(O)c1cc(C)oc1C)NCCCS(C)(=O)=O.I. The highest BCUT2D eigenvalue weighted by molar-refractivity contribution is 14.0. The lowest BCUT2D eigenvalue weighted by Gasteiger charge is -2.21. The van der Waals surface area contributed by atoms with E-state index >= 15 is 0 Å². The molecular formula is C16H30IN3O4S. The van der Waals surface area contributed by atoms with E-state index in [1.165, 1.54) is 6.26 Å². The lowest BCUT2D eigenvalue weighted by atomic mass is 9.96. The Kier molecular flexibility index (Phi) is 10.0. The summed E-state index contributed by atoms with van der Waals surface area (Å²) in [5, 5.41) is 16.8. The first kappa shape index (κ1) is 24.2. The van der Waals surface area contributed by atoms with Crippen molar-refractivity contribution in [3.63, 3.8) is 0 Å². The summed E-state index contributed by atoms with van der Waals surface area (Å²) in [6.07, 6.45) is 1.72. The highest BCUT2D eigenvalue weighted by Crippen LogP contribution is 2.27. The van der Waals surface area contributed by atoms with Gasteiger partial charge in [-0.1, -0.05) is 0 Å². The van der Waals surface area contributed by atoms with E-state index in [1.807, 2.05) is 26.8 Å². The van der Waals surface area contributed by atoms with Gasteiger partial charge < -0.3 is 20.2 Å². The molecule has 146 valence electrons. The molecule has 1 heterocycles. The van der Waals surface area contributed by atoms with Crippen molar-refractivity contribution in [1.82, 2.24) is 10.6 Å². The number of aryl methyl sites for hydroxylation is 2. The first-order valence-electron chi connectivity index (χ1n) is 8.05. The molecule has 0 spiro atoms. The second-order valence-corrected chi connectivity index (χ2v) is 8.47. The Labute approximate surface area is 167 Å². The van der Waals surface area contributed by atoms with Gasteiger partial charge in [-0.05, 0) is 40.2 Å². The molecule has 0 aliphatic rings. The van der Waals surface area contributed by atoms with Crippen molar-refractivity contribution in [2.24, 2.45) is 4.99 Å². The smallest absolute Gasteiger partial charge is 0.191 e. The quantitative estimate of drug-likeness (QED) is 0.223. The van der Waals surface area contributed by atoms with E-state index in [4.69, 9.17) is 4.42 Å². The van der Waals surface area contributed by atoms with E-state index in [1.54, 1.807) is 6.92 Å². The molecule has 0 amide bonds. The third kappa shape index (κ3) is 8.91. The van der Waals surface area contributed by atoms with Gasteiger partial charge in [0.1, 0.15) is 27.0 Å². The Morgan fingerprint density at radius 1 is 1.36 bits per heavy atom. The van der Waals surface area contributed by atoms with Crippen LogP contribution in [0.4, 0.5) is 0 Å². The number of furan rings is 1. The average molecular weight is 487 g/mol.